The number of rotatable bonds is 3. The molecular weight excluding hydrogens is 248 g/mol. The minimum atomic E-state index is -0.123. The SMILES string of the molecule is CON(C)C(=O)Cc1ccc(Br)cn1. The van der Waals surface area contributed by atoms with E-state index in [1.807, 2.05) is 6.07 Å². The number of halogens is 1. The Kier molecular flexibility index (Phi) is 4.03. The zero-order chi connectivity index (χ0) is 10.6. The Hall–Kier alpha value is -0.940. The molecule has 0 radical (unpaired) electrons. The maximum absolute atomic E-state index is 11.4. The molecule has 14 heavy (non-hydrogen) atoms. The minimum absolute atomic E-state index is 0.123. The summed E-state index contributed by atoms with van der Waals surface area (Å²) in [5, 5.41) is 1.18. The molecule has 0 unspecified atom stereocenters. The van der Waals surface area contributed by atoms with Gasteiger partial charge in [-0.05, 0) is 28.1 Å². The Labute approximate surface area is 91.0 Å². The highest BCUT2D eigenvalue weighted by molar-refractivity contribution is 9.10. The van der Waals surface area contributed by atoms with Crippen LogP contribution < -0.4 is 0 Å². The second-order valence-electron chi connectivity index (χ2n) is 2.72. The molecule has 1 amide bonds. The summed E-state index contributed by atoms with van der Waals surface area (Å²) in [6, 6.07) is 3.65. The van der Waals surface area contributed by atoms with Crippen molar-refractivity contribution in [1.29, 1.82) is 0 Å². The van der Waals surface area contributed by atoms with Crippen molar-refractivity contribution < 1.29 is 9.63 Å². The second-order valence-corrected chi connectivity index (χ2v) is 3.63. The molecule has 1 aromatic heterocycles. The summed E-state index contributed by atoms with van der Waals surface area (Å²) in [5.41, 5.74) is 0.724. The highest BCUT2D eigenvalue weighted by atomic mass is 79.9. The van der Waals surface area contributed by atoms with Gasteiger partial charge in [0.15, 0.2) is 0 Å². The molecule has 0 spiro atoms. The van der Waals surface area contributed by atoms with Crippen molar-refractivity contribution >= 4 is 21.8 Å². The third-order valence-corrected chi connectivity index (χ3v) is 2.22. The first-order valence-electron chi connectivity index (χ1n) is 4.04. The molecule has 0 bridgehead atoms. The van der Waals surface area contributed by atoms with Crippen LogP contribution in [-0.4, -0.2) is 30.1 Å². The van der Waals surface area contributed by atoms with E-state index in [4.69, 9.17) is 4.84 Å². The molecule has 4 nitrogen and oxygen atoms in total. The van der Waals surface area contributed by atoms with Crippen LogP contribution in [0.15, 0.2) is 22.8 Å². The van der Waals surface area contributed by atoms with E-state index in [1.54, 1.807) is 19.3 Å². The van der Waals surface area contributed by atoms with Crippen LogP contribution in [0.3, 0.4) is 0 Å². The van der Waals surface area contributed by atoms with Crippen LogP contribution in [0.4, 0.5) is 0 Å². The molecule has 0 aliphatic heterocycles. The second kappa shape index (κ2) is 5.07. The van der Waals surface area contributed by atoms with Gasteiger partial charge >= 0.3 is 0 Å². The van der Waals surface area contributed by atoms with Gasteiger partial charge < -0.3 is 0 Å². The van der Waals surface area contributed by atoms with E-state index in [0.717, 1.165) is 10.2 Å². The highest BCUT2D eigenvalue weighted by Crippen LogP contribution is 2.08. The molecule has 1 aromatic rings. The lowest BCUT2D eigenvalue weighted by molar-refractivity contribution is -0.167. The van der Waals surface area contributed by atoms with Crippen LogP contribution in [0.5, 0.6) is 0 Å². The van der Waals surface area contributed by atoms with Crippen molar-refractivity contribution in [3.63, 3.8) is 0 Å². The molecule has 0 saturated heterocycles. The first-order chi connectivity index (χ1) is 6.63. The maximum Gasteiger partial charge on any atom is 0.251 e. The van der Waals surface area contributed by atoms with Crippen molar-refractivity contribution in [2.45, 2.75) is 6.42 Å². The number of hydrogen-bond donors (Lipinski definition) is 0. The van der Waals surface area contributed by atoms with E-state index in [2.05, 4.69) is 20.9 Å². The summed E-state index contributed by atoms with van der Waals surface area (Å²) >= 11 is 3.27. The average molecular weight is 259 g/mol. The fourth-order valence-corrected chi connectivity index (χ4v) is 1.11. The van der Waals surface area contributed by atoms with E-state index in [0.29, 0.717) is 0 Å². The molecule has 0 atom stereocenters. The van der Waals surface area contributed by atoms with Crippen molar-refractivity contribution in [2.24, 2.45) is 0 Å². The van der Waals surface area contributed by atoms with Crippen molar-refractivity contribution in [3.8, 4) is 0 Å². The summed E-state index contributed by atoms with van der Waals surface area (Å²) < 4.78 is 0.897. The summed E-state index contributed by atoms with van der Waals surface area (Å²) in [5.74, 6) is -0.123. The minimum Gasteiger partial charge on any atom is -0.275 e. The van der Waals surface area contributed by atoms with Crippen LogP contribution in [0, 0.1) is 0 Å². The van der Waals surface area contributed by atoms with Crippen molar-refractivity contribution in [3.05, 3.63) is 28.5 Å². The lowest BCUT2D eigenvalue weighted by atomic mass is 10.2. The van der Waals surface area contributed by atoms with E-state index < -0.39 is 0 Å². The fourth-order valence-electron chi connectivity index (χ4n) is 0.879. The number of carbonyl (C=O) groups excluding carboxylic acids is 1. The number of hydrogen-bond acceptors (Lipinski definition) is 3. The lowest BCUT2D eigenvalue weighted by Gasteiger charge is -2.12. The highest BCUT2D eigenvalue weighted by Gasteiger charge is 2.09. The number of pyridine rings is 1. The van der Waals surface area contributed by atoms with Crippen LogP contribution in [0.25, 0.3) is 0 Å². The largest absolute Gasteiger partial charge is 0.275 e. The molecule has 0 aliphatic carbocycles. The molecule has 0 aromatic carbocycles. The Morgan fingerprint density at radius 2 is 2.36 bits per heavy atom. The van der Waals surface area contributed by atoms with Gasteiger partial charge in [-0.1, -0.05) is 0 Å². The first-order valence-corrected chi connectivity index (χ1v) is 4.84. The number of carbonyl (C=O) groups is 1. The summed E-state index contributed by atoms with van der Waals surface area (Å²) in [4.78, 5) is 20.2. The van der Waals surface area contributed by atoms with Gasteiger partial charge in [0.05, 0.1) is 13.5 Å². The smallest absolute Gasteiger partial charge is 0.251 e. The number of nitrogens with zero attached hydrogens (tertiary/aromatic N) is 2. The molecule has 5 heteroatoms. The van der Waals surface area contributed by atoms with Crippen molar-refractivity contribution in [1.82, 2.24) is 10.0 Å². The summed E-state index contributed by atoms with van der Waals surface area (Å²) in [7, 11) is 3.02. The molecule has 76 valence electrons. The van der Waals surface area contributed by atoms with Gasteiger partial charge in [-0.15, -0.1) is 0 Å². The van der Waals surface area contributed by atoms with Gasteiger partial charge in [0.2, 0.25) is 0 Å². The van der Waals surface area contributed by atoms with Crippen LogP contribution in [0.1, 0.15) is 5.69 Å². The topological polar surface area (TPSA) is 42.4 Å². The molecule has 0 aliphatic rings. The predicted molar refractivity (Wildman–Crippen MR) is 55.4 cm³/mol. The molecule has 0 saturated carbocycles. The zero-order valence-corrected chi connectivity index (χ0v) is 9.61. The molecule has 1 rings (SSSR count). The third kappa shape index (κ3) is 3.08. The molecule has 0 fully saturated rings. The predicted octanol–water partition coefficient (Wildman–Crippen LogP) is 1.41. The number of hydroxylamine groups is 2. The summed E-state index contributed by atoms with van der Waals surface area (Å²) in [6.07, 6.45) is 1.91. The van der Waals surface area contributed by atoms with Gasteiger partial charge in [-0.2, -0.15) is 0 Å². The summed E-state index contributed by atoms with van der Waals surface area (Å²) in [6.45, 7) is 0. The Balaban J connectivity index is 2.60. The Morgan fingerprint density at radius 3 is 2.86 bits per heavy atom. The standard InChI is InChI=1S/C9H11BrN2O2/c1-12(14-2)9(13)5-8-4-3-7(10)6-11-8/h3-4,6H,5H2,1-2H3. The Morgan fingerprint density at radius 1 is 1.64 bits per heavy atom. The van der Waals surface area contributed by atoms with Gasteiger partial charge in [0, 0.05) is 23.4 Å². The van der Waals surface area contributed by atoms with E-state index in [1.165, 1.54) is 12.2 Å². The fraction of sp³-hybridized carbons (Fsp3) is 0.333. The number of amides is 1. The van der Waals surface area contributed by atoms with Gasteiger partial charge in [-0.3, -0.25) is 14.6 Å². The molecular formula is C9H11BrN2O2. The van der Waals surface area contributed by atoms with E-state index in [9.17, 15) is 4.79 Å². The average Bonchev–Trinajstić information content (AvgIpc) is 2.20. The normalized spacial score (nSPS) is 9.93. The molecule has 1 heterocycles. The Bertz CT molecular complexity index is 313. The van der Waals surface area contributed by atoms with Crippen LogP contribution in [0.2, 0.25) is 0 Å². The van der Waals surface area contributed by atoms with Crippen molar-refractivity contribution in [2.75, 3.05) is 14.2 Å². The van der Waals surface area contributed by atoms with Crippen LogP contribution >= 0.6 is 15.9 Å². The maximum atomic E-state index is 11.4. The zero-order valence-electron chi connectivity index (χ0n) is 8.03. The van der Waals surface area contributed by atoms with E-state index >= 15 is 0 Å². The van der Waals surface area contributed by atoms with Gasteiger partial charge in [0.1, 0.15) is 0 Å². The molecule has 0 N–H and O–H groups in total. The van der Waals surface area contributed by atoms with E-state index in [-0.39, 0.29) is 12.3 Å². The number of likely N-dealkylation sites (N-methyl/N-ethyl adjacent to an activating group) is 1. The first kappa shape index (κ1) is 11.1. The number of aromatic nitrogens is 1. The quantitative estimate of drug-likeness (QED) is 0.771. The monoisotopic (exact) mass is 258 g/mol. The van der Waals surface area contributed by atoms with Gasteiger partial charge in [0.25, 0.3) is 5.91 Å². The van der Waals surface area contributed by atoms with Crippen LogP contribution in [-0.2, 0) is 16.1 Å². The third-order valence-electron chi connectivity index (χ3n) is 1.75. The lowest BCUT2D eigenvalue weighted by Crippen LogP contribution is -2.27. The van der Waals surface area contributed by atoms with Gasteiger partial charge in [-0.25, -0.2) is 5.06 Å².